The fourth-order valence-electron chi connectivity index (χ4n) is 3.11. The van der Waals surface area contributed by atoms with E-state index < -0.39 is 18.1 Å². The van der Waals surface area contributed by atoms with Gasteiger partial charge >= 0.3 is 5.97 Å². The van der Waals surface area contributed by atoms with E-state index in [0.29, 0.717) is 22.8 Å². The number of halogens is 1. The molecule has 0 aromatic heterocycles. The first-order chi connectivity index (χ1) is 15.1. The van der Waals surface area contributed by atoms with Crippen molar-refractivity contribution in [3.63, 3.8) is 0 Å². The van der Waals surface area contributed by atoms with Crippen molar-refractivity contribution in [3.8, 4) is 0 Å². The molecule has 0 radical (unpaired) electrons. The highest BCUT2D eigenvalue weighted by molar-refractivity contribution is 7.98. The Morgan fingerprint density at radius 2 is 1.48 bits per heavy atom. The van der Waals surface area contributed by atoms with E-state index in [2.05, 4.69) is 5.32 Å². The van der Waals surface area contributed by atoms with Crippen LogP contribution in [0.4, 0.5) is 0 Å². The smallest absolute Gasteiger partial charge is 0.329 e. The predicted molar refractivity (Wildman–Crippen MR) is 127 cm³/mol. The van der Waals surface area contributed by atoms with Gasteiger partial charge in [0.15, 0.2) is 6.10 Å². The van der Waals surface area contributed by atoms with Gasteiger partial charge in [-0.25, -0.2) is 4.79 Å². The standard InChI is InChI=1S/C25H24ClNO3S/c1-31-17-16-22(27-24(28)20-10-6-3-7-11-20)25(29)30-23(18-8-4-2-5-9-18)19-12-14-21(26)15-13-19/h2-15,22-23H,16-17H2,1H3,(H,27,28)/t22-,23+/m0/s1. The van der Waals surface area contributed by atoms with Crippen LogP contribution >= 0.6 is 23.4 Å². The quantitative estimate of drug-likeness (QED) is 0.433. The van der Waals surface area contributed by atoms with Gasteiger partial charge in [-0.3, -0.25) is 4.79 Å². The molecule has 0 aliphatic rings. The number of benzene rings is 3. The number of ether oxygens (including phenoxy) is 1. The average Bonchev–Trinajstić information content (AvgIpc) is 2.81. The average molecular weight is 454 g/mol. The van der Waals surface area contributed by atoms with Crippen LogP contribution in [-0.4, -0.2) is 29.9 Å². The predicted octanol–water partition coefficient (Wildman–Crippen LogP) is 5.52. The van der Waals surface area contributed by atoms with Crippen LogP contribution in [0.1, 0.15) is 34.0 Å². The van der Waals surface area contributed by atoms with Gasteiger partial charge in [0.05, 0.1) is 0 Å². The fraction of sp³-hybridized carbons (Fsp3) is 0.200. The van der Waals surface area contributed by atoms with Crippen molar-refractivity contribution in [1.82, 2.24) is 5.32 Å². The number of nitrogens with one attached hydrogen (secondary N) is 1. The molecular formula is C25H24ClNO3S. The molecule has 0 saturated heterocycles. The summed E-state index contributed by atoms with van der Waals surface area (Å²) in [5.41, 5.74) is 2.15. The van der Waals surface area contributed by atoms with Crippen LogP contribution in [0, 0.1) is 0 Å². The van der Waals surface area contributed by atoms with Crippen molar-refractivity contribution in [1.29, 1.82) is 0 Å². The molecule has 1 amide bonds. The number of carbonyl (C=O) groups is 2. The first-order valence-electron chi connectivity index (χ1n) is 9.94. The number of carbonyl (C=O) groups excluding carboxylic acids is 2. The number of rotatable bonds is 9. The molecule has 3 aromatic rings. The van der Waals surface area contributed by atoms with Gasteiger partial charge in [-0.2, -0.15) is 11.8 Å². The lowest BCUT2D eigenvalue weighted by atomic mass is 10.0. The molecule has 31 heavy (non-hydrogen) atoms. The molecule has 6 heteroatoms. The first-order valence-corrected chi connectivity index (χ1v) is 11.7. The van der Waals surface area contributed by atoms with E-state index in [-0.39, 0.29) is 5.91 Å². The van der Waals surface area contributed by atoms with Gasteiger partial charge < -0.3 is 10.1 Å². The Kier molecular flexibility index (Phi) is 8.56. The van der Waals surface area contributed by atoms with Gasteiger partial charge in [0, 0.05) is 10.6 Å². The number of hydrogen-bond donors (Lipinski definition) is 1. The Hall–Kier alpha value is -2.76. The number of amides is 1. The lowest BCUT2D eigenvalue weighted by Gasteiger charge is -2.23. The second-order valence-electron chi connectivity index (χ2n) is 6.95. The van der Waals surface area contributed by atoms with Crippen molar-refractivity contribution in [3.05, 3.63) is 107 Å². The van der Waals surface area contributed by atoms with E-state index in [1.165, 1.54) is 0 Å². The van der Waals surface area contributed by atoms with Crippen LogP contribution in [-0.2, 0) is 9.53 Å². The number of esters is 1. The van der Waals surface area contributed by atoms with Crippen molar-refractivity contribution in [2.45, 2.75) is 18.6 Å². The Balaban J connectivity index is 1.82. The topological polar surface area (TPSA) is 55.4 Å². The van der Waals surface area contributed by atoms with Gasteiger partial charge in [-0.05, 0) is 53.8 Å². The summed E-state index contributed by atoms with van der Waals surface area (Å²) in [6, 6.07) is 24.8. The zero-order valence-electron chi connectivity index (χ0n) is 17.2. The van der Waals surface area contributed by atoms with Gasteiger partial charge in [-0.15, -0.1) is 0 Å². The second-order valence-corrected chi connectivity index (χ2v) is 8.37. The summed E-state index contributed by atoms with van der Waals surface area (Å²) in [6.45, 7) is 0. The minimum atomic E-state index is -0.751. The third-order valence-corrected chi connectivity index (χ3v) is 5.64. The van der Waals surface area contributed by atoms with E-state index >= 15 is 0 Å². The Morgan fingerprint density at radius 1 is 0.903 bits per heavy atom. The normalized spacial score (nSPS) is 12.6. The molecule has 0 unspecified atom stereocenters. The molecule has 0 heterocycles. The highest BCUT2D eigenvalue weighted by Gasteiger charge is 2.27. The molecule has 0 spiro atoms. The molecule has 3 rings (SSSR count). The van der Waals surface area contributed by atoms with Crippen LogP contribution in [0.3, 0.4) is 0 Å². The fourth-order valence-corrected chi connectivity index (χ4v) is 3.71. The summed E-state index contributed by atoms with van der Waals surface area (Å²) >= 11 is 7.64. The molecule has 4 nitrogen and oxygen atoms in total. The third kappa shape index (κ3) is 6.61. The Labute approximate surface area is 192 Å². The Morgan fingerprint density at radius 3 is 2.10 bits per heavy atom. The van der Waals surface area contributed by atoms with E-state index in [9.17, 15) is 9.59 Å². The molecule has 0 saturated carbocycles. The summed E-state index contributed by atoms with van der Waals surface area (Å²) in [5.74, 6) is -0.0558. The van der Waals surface area contributed by atoms with Crippen molar-refractivity contribution < 1.29 is 14.3 Å². The first kappa shape index (κ1) is 22.9. The highest BCUT2D eigenvalue weighted by atomic mass is 35.5. The molecule has 3 aromatic carbocycles. The summed E-state index contributed by atoms with van der Waals surface area (Å²) < 4.78 is 5.95. The van der Waals surface area contributed by atoms with Crippen molar-refractivity contribution >= 4 is 35.2 Å². The van der Waals surface area contributed by atoms with Gasteiger partial charge in [0.1, 0.15) is 6.04 Å². The van der Waals surface area contributed by atoms with Crippen LogP contribution < -0.4 is 5.32 Å². The zero-order chi connectivity index (χ0) is 22.1. The maximum absolute atomic E-state index is 13.2. The van der Waals surface area contributed by atoms with Crippen molar-refractivity contribution in [2.75, 3.05) is 12.0 Å². The van der Waals surface area contributed by atoms with E-state index in [1.54, 1.807) is 48.2 Å². The van der Waals surface area contributed by atoms with E-state index in [1.807, 2.05) is 54.8 Å². The highest BCUT2D eigenvalue weighted by Crippen LogP contribution is 2.28. The van der Waals surface area contributed by atoms with E-state index in [4.69, 9.17) is 16.3 Å². The summed E-state index contributed by atoms with van der Waals surface area (Å²) in [6.07, 6.45) is 1.83. The van der Waals surface area contributed by atoms with Crippen LogP contribution in [0.2, 0.25) is 5.02 Å². The van der Waals surface area contributed by atoms with Gasteiger partial charge in [0.2, 0.25) is 0 Å². The summed E-state index contributed by atoms with van der Waals surface area (Å²) in [4.78, 5) is 25.8. The monoisotopic (exact) mass is 453 g/mol. The van der Waals surface area contributed by atoms with Gasteiger partial charge in [0.25, 0.3) is 5.91 Å². The maximum Gasteiger partial charge on any atom is 0.329 e. The molecule has 1 N–H and O–H groups in total. The molecule has 0 bridgehead atoms. The lowest BCUT2D eigenvalue weighted by molar-refractivity contribution is -0.150. The lowest BCUT2D eigenvalue weighted by Crippen LogP contribution is -2.42. The summed E-state index contributed by atoms with van der Waals surface area (Å²) in [7, 11) is 0. The van der Waals surface area contributed by atoms with Crippen LogP contribution in [0.5, 0.6) is 0 Å². The SMILES string of the molecule is CSCC[C@H](NC(=O)c1ccccc1)C(=O)O[C@H](c1ccccc1)c1ccc(Cl)cc1. The molecule has 160 valence electrons. The van der Waals surface area contributed by atoms with Crippen molar-refractivity contribution in [2.24, 2.45) is 0 Å². The third-order valence-electron chi connectivity index (χ3n) is 4.75. The van der Waals surface area contributed by atoms with Gasteiger partial charge in [-0.1, -0.05) is 72.3 Å². The molecule has 0 aliphatic carbocycles. The van der Waals surface area contributed by atoms with E-state index in [0.717, 1.165) is 11.1 Å². The van der Waals surface area contributed by atoms with Crippen LogP contribution in [0.25, 0.3) is 0 Å². The summed E-state index contributed by atoms with van der Waals surface area (Å²) in [5, 5.41) is 3.44. The molecular weight excluding hydrogens is 430 g/mol. The number of hydrogen-bond acceptors (Lipinski definition) is 4. The molecule has 0 fully saturated rings. The second kappa shape index (κ2) is 11.6. The molecule has 0 aliphatic heterocycles. The largest absolute Gasteiger partial charge is 0.451 e. The van der Waals surface area contributed by atoms with Crippen LogP contribution in [0.15, 0.2) is 84.9 Å². The Bertz CT molecular complexity index is 981. The minimum Gasteiger partial charge on any atom is -0.451 e. The number of thioether (sulfide) groups is 1. The minimum absolute atomic E-state index is 0.300. The maximum atomic E-state index is 13.2. The molecule has 2 atom stereocenters. The zero-order valence-corrected chi connectivity index (χ0v) is 18.7.